The number of carbonyl (C=O) groups is 1. The van der Waals surface area contributed by atoms with Crippen LogP contribution in [0.1, 0.15) is 54.4 Å². The second-order valence-electron chi connectivity index (χ2n) is 8.00. The van der Waals surface area contributed by atoms with Gasteiger partial charge in [0.25, 0.3) is 0 Å². The van der Waals surface area contributed by atoms with Crippen molar-refractivity contribution >= 4 is 5.91 Å². The molecule has 6 heteroatoms. The highest BCUT2D eigenvalue weighted by molar-refractivity contribution is 5.78. The lowest BCUT2D eigenvalue weighted by atomic mass is 9.79. The molecule has 0 aliphatic carbocycles. The minimum absolute atomic E-state index is 0.0141. The Morgan fingerprint density at radius 3 is 1.96 bits per heavy atom. The molecule has 2 atom stereocenters. The summed E-state index contributed by atoms with van der Waals surface area (Å²) >= 11 is 0. The van der Waals surface area contributed by atoms with Crippen LogP contribution in [-0.4, -0.2) is 46.4 Å². The minimum atomic E-state index is -0.339. The number of nitrogens with two attached hydrogens (primary N) is 2. The summed E-state index contributed by atoms with van der Waals surface area (Å²) in [6.07, 6.45) is 1.44. The first-order chi connectivity index (χ1) is 10.4. The van der Waals surface area contributed by atoms with E-state index in [4.69, 9.17) is 11.5 Å². The fraction of sp³-hybridized carbons (Fsp3) is 0.882. The summed E-state index contributed by atoms with van der Waals surface area (Å²) in [5, 5.41) is 14.4. The van der Waals surface area contributed by atoms with Crippen molar-refractivity contribution in [1.82, 2.24) is 10.4 Å². The molecule has 1 rings (SSSR count). The molecule has 0 aromatic carbocycles. The van der Waals surface area contributed by atoms with Crippen LogP contribution >= 0.6 is 0 Å². The van der Waals surface area contributed by atoms with Gasteiger partial charge in [0.2, 0.25) is 5.91 Å². The molecule has 2 unspecified atom stereocenters. The van der Waals surface area contributed by atoms with Crippen LogP contribution < -0.4 is 16.8 Å². The van der Waals surface area contributed by atoms with Crippen molar-refractivity contribution in [2.75, 3.05) is 13.1 Å². The van der Waals surface area contributed by atoms with E-state index in [1.807, 2.05) is 27.7 Å². The van der Waals surface area contributed by atoms with Gasteiger partial charge < -0.3 is 22.0 Å². The van der Waals surface area contributed by atoms with Crippen LogP contribution in [0.2, 0.25) is 0 Å². The Kier molecular flexibility index (Phi) is 8.56. The maximum absolute atomic E-state index is 11.3. The summed E-state index contributed by atoms with van der Waals surface area (Å²) in [6.45, 7) is 16.7. The van der Waals surface area contributed by atoms with Crippen molar-refractivity contribution in [2.45, 2.75) is 71.5 Å². The standard InChI is InChI=1S/C11H23N3O2.C6H14N/c1-10(2)5-8(13-9(15)7-12)6-11(3,4)14(10)16;1-5(2)6(3)4-7/h8,16H,5-7,12H2,1-4H3,(H,13,15);5-6H,1,4,7H2,2-3H3/q;+1. The predicted octanol–water partition coefficient (Wildman–Crippen LogP) is 1.52. The van der Waals surface area contributed by atoms with Crippen molar-refractivity contribution in [2.24, 2.45) is 23.3 Å². The first kappa shape index (κ1) is 22.2. The molecule has 1 amide bonds. The van der Waals surface area contributed by atoms with Crippen molar-refractivity contribution < 1.29 is 10.0 Å². The van der Waals surface area contributed by atoms with Gasteiger partial charge in [0, 0.05) is 23.0 Å². The van der Waals surface area contributed by atoms with Gasteiger partial charge in [-0.15, -0.1) is 0 Å². The second-order valence-corrected chi connectivity index (χ2v) is 8.00. The molecule has 0 bridgehead atoms. The molecular weight excluding hydrogens is 292 g/mol. The number of nitrogens with zero attached hydrogens (tertiary/aromatic N) is 1. The van der Waals surface area contributed by atoms with Crippen molar-refractivity contribution in [1.29, 1.82) is 0 Å². The summed E-state index contributed by atoms with van der Waals surface area (Å²) < 4.78 is 0. The zero-order chi connectivity index (χ0) is 18.4. The normalized spacial score (nSPS) is 23.3. The monoisotopic (exact) mass is 329 g/mol. The number of hydroxylamine groups is 2. The molecule has 23 heavy (non-hydrogen) atoms. The number of carbonyl (C=O) groups excluding carboxylic acids is 1. The van der Waals surface area contributed by atoms with E-state index >= 15 is 0 Å². The van der Waals surface area contributed by atoms with Crippen LogP contribution in [0, 0.1) is 18.8 Å². The molecule has 0 aromatic rings. The lowest BCUT2D eigenvalue weighted by molar-refractivity contribution is -0.246. The van der Waals surface area contributed by atoms with Gasteiger partial charge in [0.15, 0.2) is 0 Å². The van der Waals surface area contributed by atoms with Crippen LogP contribution in [0.5, 0.6) is 0 Å². The fourth-order valence-corrected chi connectivity index (χ4v) is 2.89. The highest BCUT2D eigenvalue weighted by Crippen LogP contribution is 2.36. The van der Waals surface area contributed by atoms with Crippen LogP contribution in [0.15, 0.2) is 0 Å². The lowest BCUT2D eigenvalue weighted by Gasteiger charge is -2.51. The molecule has 0 aromatic heterocycles. The van der Waals surface area contributed by atoms with E-state index in [2.05, 4.69) is 26.1 Å². The average molecular weight is 330 g/mol. The number of rotatable bonds is 4. The van der Waals surface area contributed by atoms with Gasteiger partial charge in [0.05, 0.1) is 19.4 Å². The molecule has 6 nitrogen and oxygen atoms in total. The Morgan fingerprint density at radius 1 is 1.26 bits per heavy atom. The molecule has 136 valence electrons. The predicted molar refractivity (Wildman–Crippen MR) is 94.7 cm³/mol. The van der Waals surface area contributed by atoms with Gasteiger partial charge in [-0.05, 0) is 54.0 Å². The van der Waals surface area contributed by atoms with E-state index in [-0.39, 0.29) is 29.6 Å². The van der Waals surface area contributed by atoms with Crippen molar-refractivity contribution in [3.8, 4) is 0 Å². The molecule has 0 spiro atoms. The number of hydrogen-bond donors (Lipinski definition) is 4. The van der Waals surface area contributed by atoms with Crippen molar-refractivity contribution in [3.63, 3.8) is 0 Å². The third-order valence-corrected chi connectivity index (χ3v) is 4.53. The van der Waals surface area contributed by atoms with E-state index < -0.39 is 0 Å². The molecule has 1 fully saturated rings. The summed E-state index contributed by atoms with van der Waals surface area (Å²) in [6, 6.07) is 0.0736. The number of amides is 1. The summed E-state index contributed by atoms with van der Waals surface area (Å²) in [4.78, 5) is 11.3. The molecule has 1 aliphatic heterocycles. The first-order valence-electron chi connectivity index (χ1n) is 8.39. The number of piperidine rings is 1. The average Bonchev–Trinajstić information content (AvgIpc) is 2.43. The Bertz CT molecular complexity index is 352. The highest BCUT2D eigenvalue weighted by Gasteiger charge is 2.45. The number of nitrogens with one attached hydrogen (secondary N) is 1. The molecule has 1 aliphatic rings. The molecular formula is C17H37N4O2+. The van der Waals surface area contributed by atoms with Crippen LogP contribution in [0.3, 0.4) is 0 Å². The fourth-order valence-electron chi connectivity index (χ4n) is 2.89. The molecule has 1 saturated heterocycles. The highest BCUT2D eigenvalue weighted by atomic mass is 16.5. The molecule has 1 heterocycles. The third-order valence-electron chi connectivity index (χ3n) is 4.53. The number of hydrogen-bond acceptors (Lipinski definition) is 5. The maximum Gasteiger partial charge on any atom is 0.233 e. The van der Waals surface area contributed by atoms with E-state index in [0.717, 1.165) is 19.4 Å². The van der Waals surface area contributed by atoms with E-state index in [1.165, 1.54) is 5.06 Å². The lowest BCUT2D eigenvalue weighted by Crippen LogP contribution is -2.63. The Balaban J connectivity index is 0.000000585. The van der Waals surface area contributed by atoms with Crippen LogP contribution in [-0.2, 0) is 4.79 Å². The topological polar surface area (TPSA) is 105 Å². The quantitative estimate of drug-likeness (QED) is 0.585. The van der Waals surface area contributed by atoms with Crippen LogP contribution in [0.4, 0.5) is 0 Å². The molecule has 0 saturated carbocycles. The largest absolute Gasteiger partial charge is 0.352 e. The van der Waals surface area contributed by atoms with Crippen molar-refractivity contribution in [3.05, 3.63) is 6.92 Å². The smallest absolute Gasteiger partial charge is 0.233 e. The van der Waals surface area contributed by atoms with E-state index in [9.17, 15) is 10.0 Å². The van der Waals surface area contributed by atoms with Gasteiger partial charge in [-0.25, -0.2) is 0 Å². The van der Waals surface area contributed by atoms with E-state index in [1.54, 1.807) is 0 Å². The van der Waals surface area contributed by atoms with Gasteiger partial charge in [-0.3, -0.25) is 4.79 Å². The minimum Gasteiger partial charge on any atom is -0.352 e. The van der Waals surface area contributed by atoms with Gasteiger partial charge in [0.1, 0.15) is 0 Å². The van der Waals surface area contributed by atoms with Gasteiger partial charge >= 0.3 is 0 Å². The molecule has 0 radical (unpaired) electrons. The zero-order valence-electron chi connectivity index (χ0n) is 15.7. The Morgan fingerprint density at radius 2 is 1.70 bits per heavy atom. The zero-order valence-corrected chi connectivity index (χ0v) is 15.7. The van der Waals surface area contributed by atoms with Gasteiger partial charge in [-0.2, -0.15) is 5.06 Å². The summed E-state index contributed by atoms with van der Waals surface area (Å²) in [7, 11) is 0. The maximum atomic E-state index is 11.3. The first-order valence-corrected chi connectivity index (χ1v) is 8.39. The van der Waals surface area contributed by atoms with E-state index in [0.29, 0.717) is 11.8 Å². The SMILES string of the molecule is CC1(C)CC(NC(=O)CN)CC(C)(C)N1O.[CH2+]C(C)C(C)CN. The summed E-state index contributed by atoms with van der Waals surface area (Å²) in [5.74, 6) is 0.924. The third kappa shape index (κ3) is 7.08. The summed E-state index contributed by atoms with van der Waals surface area (Å²) in [5.41, 5.74) is 9.93. The second kappa shape index (κ2) is 8.87. The van der Waals surface area contributed by atoms with Gasteiger partial charge in [-0.1, -0.05) is 6.92 Å². The molecule has 6 N–H and O–H groups in total. The Labute approximate surface area is 141 Å². The Hall–Kier alpha value is -0.820. The van der Waals surface area contributed by atoms with Crippen LogP contribution in [0.25, 0.3) is 0 Å².